The van der Waals surface area contributed by atoms with E-state index in [-0.39, 0.29) is 10.3 Å². The molecule has 0 spiro atoms. The van der Waals surface area contributed by atoms with Crippen LogP contribution >= 0.6 is 0 Å². The highest BCUT2D eigenvalue weighted by Gasteiger charge is 2.33. The van der Waals surface area contributed by atoms with E-state index >= 15 is 0 Å². The Morgan fingerprint density at radius 3 is 1.43 bits per heavy atom. The minimum Gasteiger partial charge on any atom is -0.744 e. The Morgan fingerprint density at radius 1 is 0.783 bits per heavy atom. The van der Waals surface area contributed by atoms with Crippen LogP contribution in [0.5, 0.6) is 0 Å². The normalized spacial score (nSPS) is 14.2. The van der Waals surface area contributed by atoms with E-state index in [9.17, 15) is 13.0 Å². The highest BCUT2D eigenvalue weighted by Crippen LogP contribution is 2.43. The van der Waals surface area contributed by atoms with E-state index in [1.165, 1.54) is 0 Å². The second kappa shape index (κ2) is 5.59. The van der Waals surface area contributed by atoms with E-state index in [2.05, 4.69) is 20.8 Å². The fourth-order valence-corrected chi connectivity index (χ4v) is 4.60. The summed E-state index contributed by atoms with van der Waals surface area (Å²) < 4.78 is 36.4. The van der Waals surface area contributed by atoms with Crippen LogP contribution in [0.2, 0.25) is 0 Å². The Balaban J connectivity index is 4.22. The Morgan fingerprint density at radius 2 is 1.17 bits per heavy atom. The maximum Gasteiger partial charge on any atom is 0.125 e. The number of hydrogen-bond acceptors (Lipinski definition) is 3. The molecule has 132 valence electrons. The van der Waals surface area contributed by atoms with Crippen LogP contribution in [0.3, 0.4) is 0 Å². The topological polar surface area (TPSA) is 57.2 Å². The van der Waals surface area contributed by atoms with Crippen LogP contribution in [0.4, 0.5) is 0 Å². The predicted octanol–water partition coefficient (Wildman–Crippen LogP) is 4.79. The van der Waals surface area contributed by atoms with Gasteiger partial charge in [-0.25, -0.2) is 8.42 Å². The van der Waals surface area contributed by atoms with E-state index in [4.69, 9.17) is 0 Å². The van der Waals surface area contributed by atoms with E-state index in [1.807, 2.05) is 54.5 Å². The van der Waals surface area contributed by atoms with Crippen molar-refractivity contribution in [1.82, 2.24) is 0 Å². The molecule has 0 fully saturated rings. The Bertz CT molecular complexity index is 707. The molecule has 3 nitrogen and oxygen atoms in total. The van der Waals surface area contributed by atoms with Crippen molar-refractivity contribution in [2.45, 2.75) is 90.4 Å². The van der Waals surface area contributed by atoms with Crippen molar-refractivity contribution in [2.24, 2.45) is 0 Å². The van der Waals surface area contributed by atoms with E-state index in [1.54, 1.807) is 0 Å². The second-order valence-corrected chi connectivity index (χ2v) is 10.8. The molecule has 0 aliphatic rings. The lowest BCUT2D eigenvalue weighted by atomic mass is 9.72. The molecule has 0 amide bonds. The quantitative estimate of drug-likeness (QED) is 0.691. The van der Waals surface area contributed by atoms with E-state index < -0.39 is 20.9 Å². The van der Waals surface area contributed by atoms with Crippen LogP contribution < -0.4 is 0 Å². The number of rotatable bonds is 1. The molecule has 4 heteroatoms. The van der Waals surface area contributed by atoms with Gasteiger partial charge in [0.05, 0.1) is 4.90 Å². The van der Waals surface area contributed by atoms with Crippen molar-refractivity contribution >= 4 is 10.1 Å². The molecule has 1 aromatic rings. The SMILES string of the molecule is Cc1c(C(C)(C)C)cc(C(C)(C)C)c(S(=O)(=O)[O-])c1C(C)(C)C. The van der Waals surface area contributed by atoms with Crippen molar-refractivity contribution in [2.75, 3.05) is 0 Å². The smallest absolute Gasteiger partial charge is 0.125 e. The molecule has 0 aliphatic heterocycles. The van der Waals surface area contributed by atoms with Gasteiger partial charge in [0.25, 0.3) is 0 Å². The highest BCUT2D eigenvalue weighted by molar-refractivity contribution is 7.85. The monoisotopic (exact) mass is 339 g/mol. The maximum absolute atomic E-state index is 12.1. The summed E-state index contributed by atoms with van der Waals surface area (Å²) in [4.78, 5) is -0.0250. The van der Waals surface area contributed by atoms with Crippen molar-refractivity contribution in [3.05, 3.63) is 28.3 Å². The summed E-state index contributed by atoms with van der Waals surface area (Å²) in [6.07, 6.45) is 0. The molecule has 0 atom stereocenters. The largest absolute Gasteiger partial charge is 0.744 e. The van der Waals surface area contributed by atoms with Crippen molar-refractivity contribution in [3.63, 3.8) is 0 Å². The molecule has 0 radical (unpaired) electrons. The van der Waals surface area contributed by atoms with Gasteiger partial charge in [-0.3, -0.25) is 0 Å². The summed E-state index contributed by atoms with van der Waals surface area (Å²) >= 11 is 0. The third kappa shape index (κ3) is 4.16. The maximum atomic E-state index is 12.1. The zero-order valence-electron chi connectivity index (χ0n) is 16.2. The van der Waals surface area contributed by atoms with Gasteiger partial charge in [0.15, 0.2) is 0 Å². The van der Waals surface area contributed by atoms with Gasteiger partial charge in [0.1, 0.15) is 10.1 Å². The first-order chi connectivity index (χ1) is 9.88. The van der Waals surface area contributed by atoms with Crippen LogP contribution in [0.25, 0.3) is 0 Å². The van der Waals surface area contributed by atoms with Crippen molar-refractivity contribution < 1.29 is 13.0 Å². The van der Waals surface area contributed by atoms with Crippen LogP contribution in [-0.4, -0.2) is 13.0 Å². The summed E-state index contributed by atoms with van der Waals surface area (Å²) in [7, 11) is -4.57. The molecule has 1 aromatic carbocycles. The number of hydrogen-bond donors (Lipinski definition) is 0. The van der Waals surface area contributed by atoms with Crippen molar-refractivity contribution in [1.29, 1.82) is 0 Å². The minimum absolute atomic E-state index is 0.0250. The summed E-state index contributed by atoms with van der Waals surface area (Å²) in [5.41, 5.74) is 2.29. The molecule has 0 saturated carbocycles. The number of benzene rings is 1. The second-order valence-electron chi connectivity index (χ2n) is 9.50. The van der Waals surface area contributed by atoms with Gasteiger partial charge in [0, 0.05) is 0 Å². The van der Waals surface area contributed by atoms with Crippen LogP contribution in [0.15, 0.2) is 11.0 Å². The summed E-state index contributed by atoms with van der Waals surface area (Å²) in [6, 6.07) is 1.93. The molecular formula is C19H31O3S-. The molecule has 0 bridgehead atoms. The molecule has 1 rings (SSSR count). The van der Waals surface area contributed by atoms with Gasteiger partial charge in [-0.2, -0.15) is 0 Å². The lowest BCUT2D eigenvalue weighted by molar-refractivity contribution is 0.447. The summed E-state index contributed by atoms with van der Waals surface area (Å²) in [5, 5.41) is 0. The third-order valence-electron chi connectivity index (χ3n) is 4.16. The fraction of sp³-hybridized carbons (Fsp3) is 0.684. The first-order valence-electron chi connectivity index (χ1n) is 8.03. The van der Waals surface area contributed by atoms with Gasteiger partial charge in [0.2, 0.25) is 0 Å². The van der Waals surface area contributed by atoms with Gasteiger partial charge in [-0.15, -0.1) is 0 Å². The average Bonchev–Trinajstić information content (AvgIpc) is 2.21. The molecular weight excluding hydrogens is 308 g/mol. The van der Waals surface area contributed by atoms with Crippen LogP contribution in [-0.2, 0) is 26.4 Å². The zero-order chi connectivity index (χ0) is 18.6. The Kier molecular flexibility index (Phi) is 4.91. The first kappa shape index (κ1) is 20.2. The lowest BCUT2D eigenvalue weighted by Gasteiger charge is -2.36. The molecule has 0 unspecified atom stereocenters. The fourth-order valence-electron chi connectivity index (χ4n) is 3.26. The summed E-state index contributed by atoms with van der Waals surface area (Å²) in [5.74, 6) is 0. The molecule has 23 heavy (non-hydrogen) atoms. The molecule has 0 aliphatic carbocycles. The van der Waals surface area contributed by atoms with Gasteiger partial charge in [-0.1, -0.05) is 68.4 Å². The van der Waals surface area contributed by atoms with E-state index in [0.29, 0.717) is 11.1 Å². The van der Waals surface area contributed by atoms with Crippen molar-refractivity contribution in [3.8, 4) is 0 Å². The van der Waals surface area contributed by atoms with E-state index in [0.717, 1.165) is 11.1 Å². The molecule has 0 saturated heterocycles. The first-order valence-corrected chi connectivity index (χ1v) is 9.44. The zero-order valence-corrected chi connectivity index (χ0v) is 17.0. The highest BCUT2D eigenvalue weighted by atomic mass is 32.2. The predicted molar refractivity (Wildman–Crippen MR) is 95.2 cm³/mol. The van der Waals surface area contributed by atoms with Gasteiger partial charge < -0.3 is 4.55 Å². The average molecular weight is 340 g/mol. The standard InChI is InChI=1S/C19H32O3S/c1-12-13(17(2,3)4)11-14(18(5,6)7)16(23(20,21)22)15(12)19(8,9)10/h11H,1-10H3,(H,20,21,22)/p-1. The Labute approximate surface area is 142 Å². The van der Waals surface area contributed by atoms with Crippen LogP contribution in [0.1, 0.15) is 84.6 Å². The molecule has 0 heterocycles. The molecule has 0 aromatic heterocycles. The van der Waals surface area contributed by atoms with Gasteiger partial charge in [-0.05, 0) is 45.4 Å². The Hall–Kier alpha value is -0.870. The summed E-state index contributed by atoms with van der Waals surface area (Å²) in [6.45, 7) is 20.0. The lowest BCUT2D eigenvalue weighted by Crippen LogP contribution is -2.28. The minimum atomic E-state index is -4.57. The van der Waals surface area contributed by atoms with Gasteiger partial charge >= 0.3 is 0 Å². The van der Waals surface area contributed by atoms with Crippen LogP contribution in [0, 0.1) is 6.92 Å². The molecule has 0 N–H and O–H groups in total. The third-order valence-corrected chi connectivity index (χ3v) is 5.08.